The van der Waals surface area contributed by atoms with Gasteiger partial charge in [-0.05, 0) is 45.4 Å². The van der Waals surface area contributed by atoms with Crippen LogP contribution in [-0.2, 0) is 9.31 Å². The summed E-state index contributed by atoms with van der Waals surface area (Å²) in [6.45, 7) is 8.19. The van der Waals surface area contributed by atoms with Crippen LogP contribution in [0.1, 0.15) is 33.3 Å². The molecular weight excluding hydrogens is 239 g/mol. The Kier molecular flexibility index (Phi) is 3.74. The molecule has 1 aromatic rings. The summed E-state index contributed by atoms with van der Waals surface area (Å²) in [5.74, 6) is 2.78. The van der Waals surface area contributed by atoms with Gasteiger partial charge in [0.25, 0.3) is 0 Å². The second-order valence-electron chi connectivity index (χ2n) is 5.76. The SMILES string of the molecule is COc1cccc(/C=C\B2OC(C)(C)C(C)(C)O2)c1. The van der Waals surface area contributed by atoms with Crippen molar-refractivity contribution in [2.75, 3.05) is 7.11 Å². The van der Waals surface area contributed by atoms with Crippen LogP contribution in [0.2, 0.25) is 0 Å². The average Bonchev–Trinajstić information content (AvgIpc) is 2.56. The Morgan fingerprint density at radius 1 is 1.11 bits per heavy atom. The van der Waals surface area contributed by atoms with Gasteiger partial charge in [-0.3, -0.25) is 0 Å². The molecule has 0 N–H and O–H groups in total. The van der Waals surface area contributed by atoms with Crippen LogP contribution in [0.4, 0.5) is 0 Å². The van der Waals surface area contributed by atoms with Crippen molar-refractivity contribution >= 4 is 13.2 Å². The Morgan fingerprint density at radius 2 is 1.74 bits per heavy atom. The van der Waals surface area contributed by atoms with Crippen LogP contribution in [0.3, 0.4) is 0 Å². The van der Waals surface area contributed by atoms with Crippen molar-refractivity contribution < 1.29 is 14.0 Å². The molecular formula is C15H21BO3. The summed E-state index contributed by atoms with van der Waals surface area (Å²) in [5, 5.41) is 0. The second kappa shape index (κ2) is 5.02. The molecule has 1 aliphatic rings. The van der Waals surface area contributed by atoms with E-state index >= 15 is 0 Å². The lowest BCUT2D eigenvalue weighted by Crippen LogP contribution is -2.41. The van der Waals surface area contributed by atoms with Crippen molar-refractivity contribution in [2.24, 2.45) is 0 Å². The molecule has 0 radical (unpaired) electrons. The van der Waals surface area contributed by atoms with Crippen molar-refractivity contribution in [3.05, 3.63) is 35.8 Å². The Morgan fingerprint density at radius 3 is 2.32 bits per heavy atom. The molecule has 102 valence electrons. The molecule has 3 nitrogen and oxygen atoms in total. The topological polar surface area (TPSA) is 27.7 Å². The fourth-order valence-corrected chi connectivity index (χ4v) is 1.90. The molecule has 0 atom stereocenters. The van der Waals surface area contributed by atoms with E-state index < -0.39 is 0 Å². The maximum Gasteiger partial charge on any atom is 0.487 e. The lowest BCUT2D eigenvalue weighted by molar-refractivity contribution is 0.00578. The largest absolute Gasteiger partial charge is 0.497 e. The van der Waals surface area contributed by atoms with E-state index in [9.17, 15) is 0 Å². The molecule has 0 aliphatic carbocycles. The first kappa shape index (κ1) is 14.2. The highest BCUT2D eigenvalue weighted by Gasteiger charge is 2.49. The van der Waals surface area contributed by atoms with Crippen LogP contribution in [0.15, 0.2) is 30.2 Å². The van der Waals surface area contributed by atoms with Gasteiger partial charge in [0.1, 0.15) is 5.75 Å². The lowest BCUT2D eigenvalue weighted by atomic mass is 9.89. The van der Waals surface area contributed by atoms with Crippen molar-refractivity contribution in [3.63, 3.8) is 0 Å². The molecule has 1 aliphatic heterocycles. The molecule has 1 heterocycles. The van der Waals surface area contributed by atoms with E-state index in [4.69, 9.17) is 14.0 Å². The van der Waals surface area contributed by atoms with Gasteiger partial charge in [0.2, 0.25) is 0 Å². The molecule has 0 amide bonds. The molecule has 0 bridgehead atoms. The van der Waals surface area contributed by atoms with Crippen LogP contribution < -0.4 is 4.74 Å². The van der Waals surface area contributed by atoms with Crippen LogP contribution in [0.5, 0.6) is 5.75 Å². The molecule has 0 spiro atoms. The monoisotopic (exact) mass is 260 g/mol. The summed E-state index contributed by atoms with van der Waals surface area (Å²) < 4.78 is 17.0. The normalized spacial score (nSPS) is 21.0. The summed E-state index contributed by atoms with van der Waals surface area (Å²) >= 11 is 0. The zero-order chi connectivity index (χ0) is 14.1. The number of ether oxygens (including phenoxy) is 1. The van der Waals surface area contributed by atoms with Gasteiger partial charge in [0.05, 0.1) is 18.3 Å². The lowest BCUT2D eigenvalue weighted by Gasteiger charge is -2.32. The third kappa shape index (κ3) is 3.02. The summed E-state index contributed by atoms with van der Waals surface area (Å²) in [6.07, 6.45) is 1.99. The highest BCUT2D eigenvalue weighted by atomic mass is 16.7. The minimum Gasteiger partial charge on any atom is -0.497 e. The maximum absolute atomic E-state index is 5.90. The smallest absolute Gasteiger partial charge is 0.487 e. The zero-order valence-electron chi connectivity index (χ0n) is 12.3. The highest BCUT2D eigenvalue weighted by molar-refractivity contribution is 6.52. The first-order valence-corrected chi connectivity index (χ1v) is 6.52. The summed E-state index contributed by atoms with van der Waals surface area (Å²) in [5.41, 5.74) is 0.473. The molecule has 4 heteroatoms. The van der Waals surface area contributed by atoms with Crippen molar-refractivity contribution in [1.82, 2.24) is 0 Å². The molecule has 2 rings (SSSR count). The van der Waals surface area contributed by atoms with Crippen LogP contribution in [0.25, 0.3) is 6.08 Å². The number of rotatable bonds is 3. The van der Waals surface area contributed by atoms with Gasteiger partial charge in [0.15, 0.2) is 0 Å². The first-order valence-electron chi connectivity index (χ1n) is 6.52. The minimum absolute atomic E-state index is 0.295. The van der Waals surface area contributed by atoms with E-state index in [1.54, 1.807) is 7.11 Å². The summed E-state index contributed by atoms with van der Waals surface area (Å²) in [4.78, 5) is 0. The third-order valence-corrected chi connectivity index (χ3v) is 3.81. The molecule has 0 aromatic heterocycles. The van der Waals surface area contributed by atoms with E-state index in [1.807, 2.05) is 64.0 Å². The molecule has 1 fully saturated rings. The van der Waals surface area contributed by atoms with Gasteiger partial charge >= 0.3 is 7.12 Å². The van der Waals surface area contributed by atoms with E-state index in [2.05, 4.69) is 0 Å². The molecule has 1 saturated heterocycles. The third-order valence-electron chi connectivity index (χ3n) is 3.81. The predicted molar refractivity (Wildman–Crippen MR) is 78.1 cm³/mol. The Hall–Kier alpha value is -1.26. The van der Waals surface area contributed by atoms with E-state index in [1.165, 1.54) is 0 Å². The van der Waals surface area contributed by atoms with Crippen LogP contribution in [-0.4, -0.2) is 25.4 Å². The molecule has 1 aromatic carbocycles. The average molecular weight is 260 g/mol. The van der Waals surface area contributed by atoms with Crippen molar-refractivity contribution in [3.8, 4) is 5.75 Å². The van der Waals surface area contributed by atoms with Gasteiger partial charge in [-0.15, -0.1) is 0 Å². The Labute approximate surface area is 115 Å². The fourth-order valence-electron chi connectivity index (χ4n) is 1.90. The van der Waals surface area contributed by atoms with Gasteiger partial charge in [-0.2, -0.15) is 0 Å². The number of benzene rings is 1. The summed E-state index contributed by atoms with van der Waals surface area (Å²) in [7, 11) is 1.35. The highest BCUT2D eigenvalue weighted by Crippen LogP contribution is 2.37. The standard InChI is InChI=1S/C15H21BO3/c1-14(2)15(3,4)19-16(18-14)10-9-12-7-6-8-13(11-12)17-5/h6-11H,1-5H3/b10-9-. The predicted octanol–water partition coefficient (Wildman–Crippen LogP) is 3.34. The van der Waals surface area contributed by atoms with Gasteiger partial charge in [-0.1, -0.05) is 24.2 Å². The minimum atomic E-state index is -0.309. The van der Waals surface area contributed by atoms with Gasteiger partial charge in [-0.25, -0.2) is 0 Å². The maximum atomic E-state index is 5.90. The van der Waals surface area contributed by atoms with Crippen LogP contribution in [0, 0.1) is 0 Å². The van der Waals surface area contributed by atoms with E-state index in [0.717, 1.165) is 11.3 Å². The quantitative estimate of drug-likeness (QED) is 0.780. The Bertz CT molecular complexity index is 464. The zero-order valence-corrected chi connectivity index (χ0v) is 12.3. The molecule has 19 heavy (non-hydrogen) atoms. The number of hydrogen-bond donors (Lipinski definition) is 0. The van der Waals surface area contributed by atoms with E-state index in [-0.39, 0.29) is 18.3 Å². The van der Waals surface area contributed by atoms with Crippen molar-refractivity contribution in [2.45, 2.75) is 38.9 Å². The van der Waals surface area contributed by atoms with Gasteiger partial charge < -0.3 is 14.0 Å². The summed E-state index contributed by atoms with van der Waals surface area (Å²) in [6, 6.07) is 7.88. The fraction of sp³-hybridized carbons (Fsp3) is 0.467. The molecule has 0 saturated carbocycles. The van der Waals surface area contributed by atoms with Crippen LogP contribution >= 0.6 is 0 Å². The van der Waals surface area contributed by atoms with Crippen molar-refractivity contribution in [1.29, 1.82) is 0 Å². The Balaban J connectivity index is 2.08. The number of hydrogen-bond acceptors (Lipinski definition) is 3. The first-order chi connectivity index (χ1) is 8.84. The van der Waals surface area contributed by atoms with E-state index in [0.29, 0.717) is 0 Å². The number of methoxy groups -OCH3 is 1. The second-order valence-corrected chi connectivity index (χ2v) is 5.76. The molecule has 0 unspecified atom stereocenters. The van der Waals surface area contributed by atoms with Gasteiger partial charge in [0, 0.05) is 0 Å².